The number of para-hydroxylation sites is 1. The molecule has 2 aliphatic heterocycles. The number of hydrogen-bond acceptors (Lipinski definition) is 6. The third kappa shape index (κ3) is 4.07. The molecule has 3 aromatic carbocycles. The lowest BCUT2D eigenvalue weighted by Crippen LogP contribution is -2.29. The van der Waals surface area contributed by atoms with E-state index in [-0.39, 0.29) is 28.1 Å². The predicted molar refractivity (Wildman–Crippen MR) is 132 cm³/mol. The van der Waals surface area contributed by atoms with E-state index in [1.807, 2.05) is 0 Å². The van der Waals surface area contributed by atoms with Crippen LogP contribution in [0.2, 0.25) is 5.02 Å². The number of phenols is 1. The number of anilines is 2. The summed E-state index contributed by atoms with van der Waals surface area (Å²) in [6.07, 6.45) is 1.65. The molecule has 0 saturated carbocycles. The molecule has 0 spiro atoms. The van der Waals surface area contributed by atoms with Crippen molar-refractivity contribution >= 4 is 63.5 Å². The fourth-order valence-corrected chi connectivity index (χ4v) is 4.57. The summed E-state index contributed by atoms with van der Waals surface area (Å²) in [5, 5.41) is 20.9. The van der Waals surface area contributed by atoms with Crippen LogP contribution in [0.4, 0.5) is 15.8 Å². The third-order valence-electron chi connectivity index (χ3n) is 5.03. The SMILES string of the molecule is O=C1Nc2ccc(F)cc2C1=NN=C1SC(=Cc2ccc(O)cc2)C(=O)N1c1ccccc1Cl. The van der Waals surface area contributed by atoms with Crippen molar-refractivity contribution in [1.29, 1.82) is 0 Å². The highest BCUT2D eigenvalue weighted by atomic mass is 35.5. The molecule has 0 unspecified atom stereocenters. The summed E-state index contributed by atoms with van der Waals surface area (Å²) in [4.78, 5) is 27.3. The summed E-state index contributed by atoms with van der Waals surface area (Å²) in [7, 11) is 0. The fraction of sp³-hybridized carbons (Fsp3) is 0. The summed E-state index contributed by atoms with van der Waals surface area (Å²) >= 11 is 7.40. The second kappa shape index (κ2) is 8.77. The molecule has 0 radical (unpaired) electrons. The largest absolute Gasteiger partial charge is 0.508 e. The maximum atomic E-state index is 13.7. The number of amidine groups is 1. The minimum atomic E-state index is -0.525. The van der Waals surface area contributed by atoms with Crippen molar-refractivity contribution in [1.82, 2.24) is 0 Å². The van der Waals surface area contributed by atoms with Crippen molar-refractivity contribution < 1.29 is 19.1 Å². The van der Waals surface area contributed by atoms with Gasteiger partial charge in [-0.05, 0) is 65.9 Å². The molecular formula is C24H14ClFN4O3S. The number of nitrogens with one attached hydrogen (secondary N) is 1. The summed E-state index contributed by atoms with van der Waals surface area (Å²) in [5.41, 5.74) is 1.74. The van der Waals surface area contributed by atoms with Gasteiger partial charge in [-0.2, -0.15) is 0 Å². The standard InChI is InChI=1S/C24H14ClFN4O3S/c25-17-3-1-2-4-19(17)30-23(33)20(11-13-5-8-15(31)9-6-13)34-24(30)29-28-21-16-12-14(26)7-10-18(16)27-22(21)32/h1-12,31H,(H,27,28,32). The Bertz CT molecular complexity index is 1440. The Morgan fingerprint density at radius 3 is 2.56 bits per heavy atom. The van der Waals surface area contributed by atoms with Gasteiger partial charge in [0.05, 0.1) is 21.3 Å². The van der Waals surface area contributed by atoms with E-state index < -0.39 is 11.7 Å². The second-order valence-corrected chi connectivity index (χ2v) is 8.69. The molecule has 5 rings (SSSR count). The zero-order valence-corrected chi connectivity index (χ0v) is 18.8. The normalized spacial score (nSPS) is 18.8. The predicted octanol–water partition coefficient (Wildman–Crippen LogP) is 5.02. The molecule has 2 N–H and O–H groups in total. The number of amides is 2. The van der Waals surface area contributed by atoms with E-state index in [1.54, 1.807) is 42.5 Å². The van der Waals surface area contributed by atoms with Crippen LogP contribution in [-0.4, -0.2) is 27.8 Å². The molecule has 0 aromatic heterocycles. The lowest BCUT2D eigenvalue weighted by atomic mass is 10.1. The molecule has 2 heterocycles. The van der Waals surface area contributed by atoms with Gasteiger partial charge >= 0.3 is 0 Å². The third-order valence-corrected chi connectivity index (χ3v) is 6.30. The smallest absolute Gasteiger partial charge is 0.276 e. The van der Waals surface area contributed by atoms with E-state index >= 15 is 0 Å². The van der Waals surface area contributed by atoms with Crippen LogP contribution in [0, 0.1) is 5.82 Å². The molecule has 2 aliphatic rings. The van der Waals surface area contributed by atoms with E-state index in [9.17, 15) is 19.1 Å². The molecule has 1 fully saturated rings. The van der Waals surface area contributed by atoms with Crippen LogP contribution in [0.1, 0.15) is 11.1 Å². The maximum Gasteiger partial charge on any atom is 0.276 e. The summed E-state index contributed by atoms with van der Waals surface area (Å²) in [5.74, 6) is -1.32. The number of aromatic hydroxyl groups is 1. The number of nitrogens with zero attached hydrogens (tertiary/aromatic N) is 3. The van der Waals surface area contributed by atoms with Gasteiger partial charge in [0.1, 0.15) is 11.6 Å². The van der Waals surface area contributed by atoms with E-state index in [0.29, 0.717) is 26.9 Å². The van der Waals surface area contributed by atoms with Crippen LogP contribution in [0.3, 0.4) is 0 Å². The number of thioether (sulfide) groups is 1. The highest BCUT2D eigenvalue weighted by Gasteiger charge is 2.36. The fourth-order valence-electron chi connectivity index (χ4n) is 3.43. The zero-order valence-electron chi connectivity index (χ0n) is 17.2. The lowest BCUT2D eigenvalue weighted by Gasteiger charge is -2.16. The Hall–Kier alpha value is -3.95. The molecule has 0 atom stereocenters. The first-order chi connectivity index (χ1) is 16.4. The number of fused-ring (bicyclic) bond motifs is 1. The van der Waals surface area contributed by atoms with Gasteiger partial charge in [0.2, 0.25) is 5.17 Å². The van der Waals surface area contributed by atoms with E-state index in [2.05, 4.69) is 15.5 Å². The summed E-state index contributed by atoms with van der Waals surface area (Å²) in [6.45, 7) is 0. The van der Waals surface area contributed by atoms with Crippen molar-refractivity contribution in [3.63, 3.8) is 0 Å². The van der Waals surface area contributed by atoms with Crippen molar-refractivity contribution in [3.8, 4) is 5.75 Å². The Balaban J connectivity index is 1.59. The van der Waals surface area contributed by atoms with Gasteiger partial charge in [-0.15, -0.1) is 10.2 Å². The minimum Gasteiger partial charge on any atom is -0.508 e. The molecule has 2 amide bonds. The quantitative estimate of drug-likeness (QED) is 0.396. The first-order valence-electron chi connectivity index (χ1n) is 9.95. The van der Waals surface area contributed by atoms with Crippen LogP contribution < -0.4 is 10.2 Å². The van der Waals surface area contributed by atoms with Crippen LogP contribution >= 0.6 is 23.4 Å². The number of hydrogen-bond donors (Lipinski definition) is 2. The van der Waals surface area contributed by atoms with Gasteiger partial charge in [0, 0.05) is 5.56 Å². The van der Waals surface area contributed by atoms with Crippen molar-refractivity contribution in [2.75, 3.05) is 10.2 Å². The topological polar surface area (TPSA) is 94.4 Å². The number of phenolic OH excluding ortho intramolecular Hbond substituents is 1. The van der Waals surface area contributed by atoms with Crippen molar-refractivity contribution in [2.24, 2.45) is 10.2 Å². The van der Waals surface area contributed by atoms with Crippen LogP contribution in [0.25, 0.3) is 6.08 Å². The average molecular weight is 493 g/mol. The van der Waals surface area contributed by atoms with E-state index in [4.69, 9.17) is 11.6 Å². The first-order valence-corrected chi connectivity index (χ1v) is 11.1. The molecule has 7 nitrogen and oxygen atoms in total. The summed E-state index contributed by atoms with van der Waals surface area (Å²) in [6, 6.07) is 17.0. The van der Waals surface area contributed by atoms with Crippen LogP contribution in [0.5, 0.6) is 5.75 Å². The summed E-state index contributed by atoms with van der Waals surface area (Å²) < 4.78 is 13.7. The monoisotopic (exact) mass is 492 g/mol. The Morgan fingerprint density at radius 2 is 1.79 bits per heavy atom. The number of benzene rings is 3. The molecule has 0 aliphatic carbocycles. The molecule has 34 heavy (non-hydrogen) atoms. The number of rotatable bonds is 3. The van der Waals surface area contributed by atoms with Crippen LogP contribution in [-0.2, 0) is 9.59 Å². The van der Waals surface area contributed by atoms with Crippen molar-refractivity contribution in [2.45, 2.75) is 0 Å². The van der Waals surface area contributed by atoms with Gasteiger partial charge in [0.15, 0.2) is 5.71 Å². The van der Waals surface area contributed by atoms with E-state index in [0.717, 1.165) is 11.8 Å². The molecule has 0 bridgehead atoms. The minimum absolute atomic E-state index is 0.0647. The first kappa shape index (κ1) is 21.9. The van der Waals surface area contributed by atoms with Gasteiger partial charge in [-0.3, -0.25) is 14.5 Å². The molecule has 1 saturated heterocycles. The molecule has 10 heteroatoms. The van der Waals surface area contributed by atoms with Gasteiger partial charge in [-0.1, -0.05) is 35.9 Å². The molecular weight excluding hydrogens is 479 g/mol. The Labute approximate surface area is 202 Å². The average Bonchev–Trinajstić information content (AvgIpc) is 3.29. The zero-order chi connectivity index (χ0) is 23.8. The molecule has 3 aromatic rings. The Kier molecular flexibility index (Phi) is 5.64. The number of carbonyl (C=O) groups is 2. The Morgan fingerprint density at radius 1 is 1.03 bits per heavy atom. The second-order valence-electron chi connectivity index (χ2n) is 7.27. The maximum absolute atomic E-state index is 13.7. The van der Waals surface area contributed by atoms with Gasteiger partial charge < -0.3 is 10.4 Å². The van der Waals surface area contributed by atoms with Crippen molar-refractivity contribution in [3.05, 3.63) is 93.6 Å². The number of halogens is 2. The van der Waals surface area contributed by atoms with Crippen LogP contribution in [0.15, 0.2) is 81.8 Å². The van der Waals surface area contributed by atoms with Gasteiger partial charge in [-0.25, -0.2) is 4.39 Å². The number of carbonyl (C=O) groups excluding carboxylic acids is 2. The van der Waals surface area contributed by atoms with E-state index in [1.165, 1.54) is 35.2 Å². The highest BCUT2D eigenvalue weighted by Crippen LogP contribution is 2.39. The lowest BCUT2D eigenvalue weighted by molar-refractivity contribution is -0.113. The highest BCUT2D eigenvalue weighted by molar-refractivity contribution is 8.19. The van der Waals surface area contributed by atoms with Gasteiger partial charge in [0.25, 0.3) is 11.8 Å². The molecule has 168 valence electrons.